The maximum absolute atomic E-state index is 11.8. The molecule has 1 aromatic rings. The molecule has 1 aromatic carbocycles. The standard InChI is InChI=1S/C16H23NO2/c1-17(2)11-13-7-8-14(18)10-16(13)12-5-4-6-15(9-12)19-3/h4-6,9,13,16H,7-8,10-11H2,1-3H3. The zero-order valence-electron chi connectivity index (χ0n) is 12.1. The Morgan fingerprint density at radius 2 is 2.16 bits per heavy atom. The third-order valence-corrected chi connectivity index (χ3v) is 3.93. The van der Waals surface area contributed by atoms with Crippen molar-refractivity contribution in [3.8, 4) is 5.75 Å². The van der Waals surface area contributed by atoms with E-state index in [0.29, 0.717) is 24.0 Å². The maximum atomic E-state index is 11.8. The lowest BCUT2D eigenvalue weighted by Crippen LogP contribution is -2.31. The Labute approximate surface area is 115 Å². The van der Waals surface area contributed by atoms with Gasteiger partial charge in [0, 0.05) is 19.4 Å². The van der Waals surface area contributed by atoms with Gasteiger partial charge in [0.2, 0.25) is 0 Å². The van der Waals surface area contributed by atoms with Gasteiger partial charge in [-0.15, -0.1) is 0 Å². The van der Waals surface area contributed by atoms with Gasteiger partial charge in [-0.05, 0) is 50.0 Å². The number of methoxy groups -OCH3 is 1. The first-order valence-corrected chi connectivity index (χ1v) is 6.90. The van der Waals surface area contributed by atoms with E-state index >= 15 is 0 Å². The number of nitrogens with zero attached hydrogens (tertiary/aromatic N) is 1. The largest absolute Gasteiger partial charge is 0.497 e. The number of carbonyl (C=O) groups excluding carboxylic acids is 1. The van der Waals surface area contributed by atoms with Crippen LogP contribution in [-0.2, 0) is 4.79 Å². The van der Waals surface area contributed by atoms with Gasteiger partial charge in [-0.25, -0.2) is 0 Å². The van der Waals surface area contributed by atoms with Crippen LogP contribution in [0.15, 0.2) is 24.3 Å². The van der Waals surface area contributed by atoms with Gasteiger partial charge in [-0.3, -0.25) is 4.79 Å². The molecule has 0 aromatic heterocycles. The molecule has 1 saturated carbocycles. The highest BCUT2D eigenvalue weighted by atomic mass is 16.5. The summed E-state index contributed by atoms with van der Waals surface area (Å²) in [4.78, 5) is 14.0. The highest BCUT2D eigenvalue weighted by molar-refractivity contribution is 5.80. The Morgan fingerprint density at radius 3 is 2.84 bits per heavy atom. The number of rotatable bonds is 4. The Hall–Kier alpha value is -1.35. The molecule has 0 heterocycles. The number of ether oxygens (including phenoxy) is 1. The smallest absolute Gasteiger partial charge is 0.133 e. The summed E-state index contributed by atoms with van der Waals surface area (Å²) in [6.07, 6.45) is 2.41. The van der Waals surface area contributed by atoms with Crippen molar-refractivity contribution in [1.29, 1.82) is 0 Å². The molecule has 19 heavy (non-hydrogen) atoms. The maximum Gasteiger partial charge on any atom is 0.133 e. The van der Waals surface area contributed by atoms with E-state index in [0.717, 1.165) is 25.1 Å². The Kier molecular flexibility index (Phi) is 4.59. The monoisotopic (exact) mass is 261 g/mol. The van der Waals surface area contributed by atoms with Gasteiger partial charge in [-0.1, -0.05) is 12.1 Å². The summed E-state index contributed by atoms with van der Waals surface area (Å²) in [5, 5.41) is 0. The van der Waals surface area contributed by atoms with Crippen molar-refractivity contribution in [2.24, 2.45) is 5.92 Å². The van der Waals surface area contributed by atoms with Crippen molar-refractivity contribution in [3.05, 3.63) is 29.8 Å². The van der Waals surface area contributed by atoms with Gasteiger partial charge in [0.05, 0.1) is 7.11 Å². The van der Waals surface area contributed by atoms with Crippen LogP contribution in [0.1, 0.15) is 30.7 Å². The second-order valence-electron chi connectivity index (χ2n) is 5.69. The number of ketones is 1. The van der Waals surface area contributed by atoms with Crippen LogP contribution in [0.2, 0.25) is 0 Å². The highest BCUT2D eigenvalue weighted by Gasteiger charge is 2.30. The van der Waals surface area contributed by atoms with E-state index in [-0.39, 0.29) is 0 Å². The topological polar surface area (TPSA) is 29.5 Å². The van der Waals surface area contributed by atoms with Crippen molar-refractivity contribution in [3.63, 3.8) is 0 Å². The van der Waals surface area contributed by atoms with Crippen molar-refractivity contribution in [2.75, 3.05) is 27.7 Å². The zero-order chi connectivity index (χ0) is 13.8. The Morgan fingerprint density at radius 1 is 1.37 bits per heavy atom. The molecule has 0 radical (unpaired) electrons. The Balaban J connectivity index is 2.22. The van der Waals surface area contributed by atoms with E-state index < -0.39 is 0 Å². The number of Topliss-reactive ketones (excluding diaryl/α,β-unsaturated/α-hetero) is 1. The molecule has 0 aliphatic heterocycles. The molecule has 104 valence electrons. The van der Waals surface area contributed by atoms with Crippen LogP contribution in [0.4, 0.5) is 0 Å². The first kappa shape index (κ1) is 14.1. The van der Waals surface area contributed by atoms with Crippen LogP contribution in [0.25, 0.3) is 0 Å². The van der Waals surface area contributed by atoms with Crippen LogP contribution in [0, 0.1) is 5.92 Å². The van der Waals surface area contributed by atoms with E-state index in [1.807, 2.05) is 12.1 Å². The van der Waals surface area contributed by atoms with E-state index in [9.17, 15) is 4.79 Å². The highest BCUT2D eigenvalue weighted by Crippen LogP contribution is 2.37. The average Bonchev–Trinajstić information content (AvgIpc) is 2.40. The molecule has 0 saturated heterocycles. The number of hydrogen-bond acceptors (Lipinski definition) is 3. The summed E-state index contributed by atoms with van der Waals surface area (Å²) in [5.41, 5.74) is 1.24. The first-order valence-electron chi connectivity index (χ1n) is 6.90. The third kappa shape index (κ3) is 3.57. The molecule has 1 aliphatic carbocycles. The summed E-state index contributed by atoms with van der Waals surface area (Å²) < 4.78 is 5.29. The molecule has 0 spiro atoms. The molecule has 3 nitrogen and oxygen atoms in total. The van der Waals surface area contributed by atoms with Crippen LogP contribution in [0.5, 0.6) is 5.75 Å². The van der Waals surface area contributed by atoms with Crippen LogP contribution < -0.4 is 4.74 Å². The summed E-state index contributed by atoms with van der Waals surface area (Å²) in [7, 11) is 5.88. The zero-order valence-corrected chi connectivity index (χ0v) is 12.1. The van der Waals surface area contributed by atoms with Gasteiger partial charge in [0.25, 0.3) is 0 Å². The van der Waals surface area contributed by atoms with Crippen LogP contribution in [-0.4, -0.2) is 38.4 Å². The van der Waals surface area contributed by atoms with Gasteiger partial charge in [-0.2, -0.15) is 0 Å². The fourth-order valence-corrected chi connectivity index (χ4v) is 3.01. The molecule has 2 rings (SSSR count). The molecule has 1 aliphatic rings. The molecular weight excluding hydrogens is 238 g/mol. The van der Waals surface area contributed by atoms with E-state index in [1.165, 1.54) is 5.56 Å². The fourth-order valence-electron chi connectivity index (χ4n) is 3.01. The van der Waals surface area contributed by atoms with Gasteiger partial charge >= 0.3 is 0 Å². The van der Waals surface area contributed by atoms with Crippen molar-refractivity contribution in [2.45, 2.75) is 25.2 Å². The predicted octanol–water partition coefficient (Wildman–Crippen LogP) is 2.71. The van der Waals surface area contributed by atoms with E-state index in [1.54, 1.807) is 7.11 Å². The lowest BCUT2D eigenvalue weighted by Gasteiger charge is -2.33. The molecule has 0 N–H and O–H groups in total. The molecule has 2 atom stereocenters. The summed E-state index contributed by atoms with van der Waals surface area (Å²) in [5.74, 6) is 2.15. The second-order valence-corrected chi connectivity index (χ2v) is 5.69. The SMILES string of the molecule is COc1cccc(C2CC(=O)CCC2CN(C)C)c1. The van der Waals surface area contributed by atoms with Gasteiger partial charge in [0.15, 0.2) is 0 Å². The summed E-state index contributed by atoms with van der Waals surface area (Å²) in [6, 6.07) is 8.16. The second kappa shape index (κ2) is 6.20. The number of hydrogen-bond donors (Lipinski definition) is 0. The van der Waals surface area contributed by atoms with E-state index in [4.69, 9.17) is 4.74 Å². The number of benzene rings is 1. The van der Waals surface area contributed by atoms with Crippen LogP contribution >= 0.6 is 0 Å². The minimum Gasteiger partial charge on any atom is -0.497 e. The molecular formula is C16H23NO2. The molecule has 0 bridgehead atoms. The molecule has 3 heteroatoms. The lowest BCUT2D eigenvalue weighted by atomic mass is 9.74. The lowest BCUT2D eigenvalue weighted by molar-refractivity contribution is -0.121. The quantitative estimate of drug-likeness (QED) is 0.834. The normalized spacial score (nSPS) is 23.7. The van der Waals surface area contributed by atoms with Crippen molar-refractivity contribution >= 4 is 5.78 Å². The average molecular weight is 261 g/mol. The predicted molar refractivity (Wildman–Crippen MR) is 76.6 cm³/mol. The Bertz CT molecular complexity index is 442. The third-order valence-electron chi connectivity index (χ3n) is 3.93. The van der Waals surface area contributed by atoms with Crippen molar-refractivity contribution in [1.82, 2.24) is 4.90 Å². The van der Waals surface area contributed by atoms with E-state index in [2.05, 4.69) is 31.1 Å². The van der Waals surface area contributed by atoms with Gasteiger partial charge in [0.1, 0.15) is 11.5 Å². The number of carbonyl (C=O) groups is 1. The first-order chi connectivity index (χ1) is 9.10. The fraction of sp³-hybridized carbons (Fsp3) is 0.562. The van der Waals surface area contributed by atoms with Gasteiger partial charge < -0.3 is 9.64 Å². The summed E-state index contributed by atoms with van der Waals surface area (Å²) in [6.45, 7) is 1.04. The van der Waals surface area contributed by atoms with Crippen molar-refractivity contribution < 1.29 is 9.53 Å². The van der Waals surface area contributed by atoms with Crippen LogP contribution in [0.3, 0.4) is 0 Å². The molecule has 0 amide bonds. The minimum atomic E-state index is 0.332. The molecule has 2 unspecified atom stereocenters. The minimum absolute atomic E-state index is 0.332. The molecule has 1 fully saturated rings. The summed E-state index contributed by atoms with van der Waals surface area (Å²) >= 11 is 0.